The zero-order valence-electron chi connectivity index (χ0n) is 14.3. The Morgan fingerprint density at radius 2 is 1.68 bits per heavy atom. The fourth-order valence-electron chi connectivity index (χ4n) is 2.82. The number of carbonyl (C=O) groups is 1. The molecule has 2 aromatic carbocycles. The maximum absolute atomic E-state index is 12.0. The van der Waals surface area contributed by atoms with Crippen molar-refractivity contribution in [3.63, 3.8) is 0 Å². The predicted octanol–water partition coefficient (Wildman–Crippen LogP) is 3.73. The third kappa shape index (κ3) is 5.46. The van der Waals surface area contributed by atoms with Crippen LogP contribution in [0.25, 0.3) is 0 Å². The summed E-state index contributed by atoms with van der Waals surface area (Å²) in [5.74, 6) is 0. The number of rotatable bonds is 4. The summed E-state index contributed by atoms with van der Waals surface area (Å²) in [6.45, 7) is 5.37. The summed E-state index contributed by atoms with van der Waals surface area (Å²) in [5.41, 5.74) is 2.68. The minimum absolute atomic E-state index is 0.283. The quantitative estimate of drug-likeness (QED) is 0.875. The lowest BCUT2D eigenvalue weighted by molar-refractivity contribution is 0.148. The van der Waals surface area contributed by atoms with Gasteiger partial charge in [0.05, 0.1) is 0 Å². The summed E-state index contributed by atoms with van der Waals surface area (Å²) < 4.78 is 0. The monoisotopic (exact) mass is 358 g/mol. The van der Waals surface area contributed by atoms with Gasteiger partial charge in [-0.2, -0.15) is 0 Å². The molecular formula is C19H23ClN4O. The van der Waals surface area contributed by atoms with Gasteiger partial charge in [-0.05, 0) is 42.9 Å². The van der Waals surface area contributed by atoms with E-state index in [2.05, 4.69) is 39.6 Å². The molecule has 2 aromatic rings. The fourth-order valence-corrected chi connectivity index (χ4v) is 3.01. The Bertz CT molecular complexity index is 712. The first kappa shape index (κ1) is 17.7. The molecule has 2 amide bonds. The van der Waals surface area contributed by atoms with Gasteiger partial charge in [-0.15, -0.1) is 0 Å². The van der Waals surface area contributed by atoms with Crippen molar-refractivity contribution in [2.24, 2.45) is 0 Å². The van der Waals surface area contributed by atoms with Crippen LogP contribution in [0.1, 0.15) is 5.56 Å². The van der Waals surface area contributed by atoms with E-state index in [0.717, 1.165) is 38.4 Å². The number of amides is 2. The second kappa shape index (κ2) is 8.34. The van der Waals surface area contributed by atoms with Crippen molar-refractivity contribution >= 4 is 29.0 Å². The summed E-state index contributed by atoms with van der Waals surface area (Å²) in [7, 11) is 2.16. The van der Waals surface area contributed by atoms with Crippen LogP contribution < -0.4 is 10.6 Å². The molecule has 0 saturated carbocycles. The summed E-state index contributed by atoms with van der Waals surface area (Å²) in [4.78, 5) is 16.8. The zero-order chi connectivity index (χ0) is 17.6. The fraction of sp³-hybridized carbons (Fsp3) is 0.316. The first-order valence-electron chi connectivity index (χ1n) is 8.42. The Hall–Kier alpha value is -2.08. The van der Waals surface area contributed by atoms with Gasteiger partial charge in [-0.3, -0.25) is 4.90 Å². The van der Waals surface area contributed by atoms with Crippen molar-refractivity contribution < 1.29 is 4.79 Å². The van der Waals surface area contributed by atoms with Crippen LogP contribution >= 0.6 is 11.6 Å². The number of benzene rings is 2. The number of halogens is 1. The van der Waals surface area contributed by atoms with Crippen LogP contribution in [0.3, 0.4) is 0 Å². The second-order valence-electron chi connectivity index (χ2n) is 6.37. The Balaban J connectivity index is 1.51. The molecule has 6 heteroatoms. The number of hydrogen-bond donors (Lipinski definition) is 2. The molecule has 5 nitrogen and oxygen atoms in total. The second-order valence-corrected chi connectivity index (χ2v) is 6.80. The highest BCUT2D eigenvalue weighted by Crippen LogP contribution is 2.16. The van der Waals surface area contributed by atoms with Crippen molar-refractivity contribution in [1.82, 2.24) is 9.80 Å². The molecule has 0 aromatic heterocycles. The maximum atomic E-state index is 12.0. The van der Waals surface area contributed by atoms with Gasteiger partial charge in [0.25, 0.3) is 0 Å². The van der Waals surface area contributed by atoms with Crippen molar-refractivity contribution in [2.45, 2.75) is 6.54 Å². The van der Waals surface area contributed by atoms with Crippen LogP contribution in [0.4, 0.5) is 16.2 Å². The van der Waals surface area contributed by atoms with Gasteiger partial charge < -0.3 is 15.5 Å². The van der Waals surface area contributed by atoms with E-state index in [0.29, 0.717) is 10.7 Å². The van der Waals surface area contributed by atoms with Crippen molar-refractivity contribution in [2.75, 3.05) is 43.9 Å². The van der Waals surface area contributed by atoms with Crippen LogP contribution in [0.5, 0.6) is 0 Å². The van der Waals surface area contributed by atoms with Gasteiger partial charge in [0.1, 0.15) is 0 Å². The topological polar surface area (TPSA) is 47.6 Å². The number of anilines is 2. The largest absolute Gasteiger partial charge is 0.323 e. The van der Waals surface area contributed by atoms with Crippen molar-refractivity contribution in [1.29, 1.82) is 0 Å². The molecule has 0 bridgehead atoms. The molecule has 1 saturated heterocycles. The Morgan fingerprint density at radius 1 is 1.00 bits per heavy atom. The SMILES string of the molecule is CN1CCN(Cc2ccc(NC(=O)Nc3cccc(Cl)c3)cc2)CC1. The van der Waals surface area contributed by atoms with E-state index >= 15 is 0 Å². The van der Waals surface area contributed by atoms with Crippen LogP contribution in [0.2, 0.25) is 5.02 Å². The lowest BCUT2D eigenvalue weighted by atomic mass is 10.2. The molecule has 3 rings (SSSR count). The first-order chi connectivity index (χ1) is 12.1. The highest BCUT2D eigenvalue weighted by Gasteiger charge is 2.13. The summed E-state index contributed by atoms with van der Waals surface area (Å²) in [5, 5.41) is 6.19. The molecule has 0 spiro atoms. The number of likely N-dealkylation sites (N-methyl/N-ethyl adjacent to an activating group) is 1. The smallest absolute Gasteiger partial charge is 0.308 e. The average Bonchev–Trinajstić information content (AvgIpc) is 2.59. The number of carbonyl (C=O) groups excluding carboxylic acids is 1. The first-order valence-corrected chi connectivity index (χ1v) is 8.80. The van der Waals surface area contributed by atoms with E-state index in [4.69, 9.17) is 11.6 Å². The Morgan fingerprint density at radius 3 is 2.36 bits per heavy atom. The molecule has 0 unspecified atom stereocenters. The molecular weight excluding hydrogens is 336 g/mol. The molecule has 132 valence electrons. The third-order valence-corrected chi connectivity index (χ3v) is 4.53. The molecule has 0 radical (unpaired) electrons. The van der Waals surface area contributed by atoms with Crippen LogP contribution in [-0.4, -0.2) is 49.1 Å². The lowest BCUT2D eigenvalue weighted by Crippen LogP contribution is -2.43. The van der Waals surface area contributed by atoms with E-state index in [9.17, 15) is 4.79 Å². The Labute approximate surface area is 153 Å². The lowest BCUT2D eigenvalue weighted by Gasteiger charge is -2.32. The number of nitrogens with one attached hydrogen (secondary N) is 2. The van der Waals surface area contributed by atoms with E-state index in [1.165, 1.54) is 5.56 Å². The minimum atomic E-state index is -0.283. The zero-order valence-corrected chi connectivity index (χ0v) is 15.1. The molecule has 0 aliphatic carbocycles. The predicted molar refractivity (Wildman–Crippen MR) is 103 cm³/mol. The number of hydrogen-bond acceptors (Lipinski definition) is 3. The van der Waals surface area contributed by atoms with E-state index in [1.807, 2.05) is 12.1 Å². The highest BCUT2D eigenvalue weighted by molar-refractivity contribution is 6.30. The normalized spacial score (nSPS) is 15.8. The molecule has 1 aliphatic heterocycles. The van der Waals surface area contributed by atoms with Gasteiger partial charge in [0.2, 0.25) is 0 Å². The summed E-state index contributed by atoms with van der Waals surface area (Å²) in [6.07, 6.45) is 0. The van der Waals surface area contributed by atoms with Gasteiger partial charge in [0.15, 0.2) is 0 Å². The summed E-state index contributed by atoms with van der Waals surface area (Å²) in [6, 6.07) is 14.8. The van der Waals surface area contributed by atoms with E-state index in [1.54, 1.807) is 24.3 Å². The molecule has 1 fully saturated rings. The Kier molecular flexibility index (Phi) is 5.91. The average molecular weight is 359 g/mol. The highest BCUT2D eigenvalue weighted by atomic mass is 35.5. The molecule has 2 N–H and O–H groups in total. The number of urea groups is 1. The standard InChI is InChI=1S/C19H23ClN4O/c1-23-9-11-24(12-10-23)14-15-5-7-17(8-6-15)21-19(25)22-18-4-2-3-16(20)13-18/h2-8,13H,9-12,14H2,1H3,(H2,21,22,25). The van der Waals surface area contributed by atoms with Gasteiger partial charge in [0, 0.05) is 49.1 Å². The van der Waals surface area contributed by atoms with E-state index < -0.39 is 0 Å². The molecule has 0 atom stereocenters. The molecule has 25 heavy (non-hydrogen) atoms. The summed E-state index contributed by atoms with van der Waals surface area (Å²) >= 11 is 5.92. The van der Waals surface area contributed by atoms with Gasteiger partial charge in [-0.25, -0.2) is 4.79 Å². The molecule has 1 aliphatic rings. The van der Waals surface area contributed by atoms with Crippen LogP contribution in [0, 0.1) is 0 Å². The number of piperazine rings is 1. The van der Waals surface area contributed by atoms with Crippen molar-refractivity contribution in [3.8, 4) is 0 Å². The number of nitrogens with zero attached hydrogens (tertiary/aromatic N) is 2. The van der Waals surface area contributed by atoms with Gasteiger partial charge >= 0.3 is 6.03 Å². The van der Waals surface area contributed by atoms with Gasteiger partial charge in [-0.1, -0.05) is 29.8 Å². The van der Waals surface area contributed by atoms with Crippen LogP contribution in [-0.2, 0) is 6.54 Å². The van der Waals surface area contributed by atoms with Crippen molar-refractivity contribution in [3.05, 3.63) is 59.1 Å². The molecule has 1 heterocycles. The van der Waals surface area contributed by atoms with E-state index in [-0.39, 0.29) is 6.03 Å². The maximum Gasteiger partial charge on any atom is 0.323 e. The minimum Gasteiger partial charge on any atom is -0.308 e. The third-order valence-electron chi connectivity index (χ3n) is 4.30. The van der Waals surface area contributed by atoms with Crippen LogP contribution in [0.15, 0.2) is 48.5 Å².